The minimum Gasteiger partial charge on any atom is -0.508 e. The Morgan fingerprint density at radius 3 is 1.17 bits per heavy atom. The fourth-order valence-corrected chi connectivity index (χ4v) is 8.53. The zero-order chi connectivity index (χ0) is 39.5. The summed E-state index contributed by atoms with van der Waals surface area (Å²) in [7, 11) is 0. The molecule has 0 aliphatic carbocycles. The van der Waals surface area contributed by atoms with Crippen LogP contribution in [0.1, 0.15) is 0 Å². The smallest absolute Gasteiger partial charge is 0.119 e. The van der Waals surface area contributed by atoms with Crippen molar-refractivity contribution in [3.63, 3.8) is 0 Å². The van der Waals surface area contributed by atoms with E-state index in [2.05, 4.69) is 216 Å². The molecule has 0 fully saturated rings. The van der Waals surface area contributed by atoms with Gasteiger partial charge in [0.2, 0.25) is 0 Å². The number of nitrogens with zero attached hydrogens (tertiary/aromatic N) is 2. The molecule has 1 N–H and O–H groups in total. The first-order valence-electron chi connectivity index (χ1n) is 20.0. The van der Waals surface area contributed by atoms with Gasteiger partial charge in [0.1, 0.15) is 5.75 Å². The van der Waals surface area contributed by atoms with Crippen LogP contribution in [0.15, 0.2) is 237 Å². The van der Waals surface area contributed by atoms with Crippen LogP contribution in [0.5, 0.6) is 5.75 Å². The highest BCUT2D eigenvalue weighted by atomic mass is 16.3. The Labute approximate surface area is 345 Å². The summed E-state index contributed by atoms with van der Waals surface area (Å²) in [4.78, 5) is 4.45. The Morgan fingerprint density at radius 2 is 0.644 bits per heavy atom. The number of para-hydroxylation sites is 3. The van der Waals surface area contributed by atoms with E-state index < -0.39 is 0 Å². The van der Waals surface area contributed by atoms with Gasteiger partial charge < -0.3 is 14.9 Å². The summed E-state index contributed by atoms with van der Waals surface area (Å²) in [6.07, 6.45) is 0. The third kappa shape index (κ3) is 6.75. The number of phenols is 1. The van der Waals surface area contributed by atoms with Gasteiger partial charge in [-0.05, 0) is 97.9 Å². The number of hydrogen-bond acceptors (Lipinski definition) is 3. The van der Waals surface area contributed by atoms with Crippen LogP contribution in [0.25, 0.3) is 54.9 Å². The van der Waals surface area contributed by atoms with Gasteiger partial charge in [-0.25, -0.2) is 0 Å². The molecule has 0 aliphatic heterocycles. The zero-order valence-electron chi connectivity index (χ0n) is 32.4. The molecule has 0 amide bonds. The average Bonchev–Trinajstić information content (AvgIpc) is 3.30. The van der Waals surface area contributed by atoms with Gasteiger partial charge in [-0.1, -0.05) is 176 Å². The molecule has 10 rings (SSSR count). The lowest BCUT2D eigenvalue weighted by Crippen LogP contribution is -2.14. The molecule has 0 unspecified atom stereocenters. The first-order chi connectivity index (χ1) is 29.2. The molecule has 280 valence electrons. The summed E-state index contributed by atoms with van der Waals surface area (Å²) in [6, 6.07) is 82.6. The second-order valence-corrected chi connectivity index (χ2v) is 14.7. The van der Waals surface area contributed by atoms with Crippen molar-refractivity contribution in [3.8, 4) is 39.1 Å². The minimum atomic E-state index is 0.171. The molecule has 0 bridgehead atoms. The lowest BCUT2D eigenvalue weighted by molar-refractivity contribution is 0.475. The molecule has 3 nitrogen and oxygen atoms in total. The predicted octanol–water partition coefficient (Wildman–Crippen LogP) is 15.6. The minimum absolute atomic E-state index is 0.171. The van der Waals surface area contributed by atoms with Gasteiger partial charge in [-0.3, -0.25) is 0 Å². The van der Waals surface area contributed by atoms with E-state index in [0.29, 0.717) is 0 Å². The second-order valence-electron chi connectivity index (χ2n) is 14.7. The molecule has 0 aliphatic rings. The average molecular weight is 757 g/mol. The van der Waals surface area contributed by atoms with E-state index in [1.165, 1.54) is 38.2 Å². The summed E-state index contributed by atoms with van der Waals surface area (Å²) in [5.41, 5.74) is 12.6. The molecule has 0 aromatic heterocycles. The van der Waals surface area contributed by atoms with E-state index >= 15 is 0 Å². The highest BCUT2D eigenvalue weighted by molar-refractivity contribution is 6.21. The van der Waals surface area contributed by atoms with Crippen molar-refractivity contribution in [1.29, 1.82) is 0 Å². The zero-order valence-corrected chi connectivity index (χ0v) is 32.4. The van der Waals surface area contributed by atoms with E-state index in [-0.39, 0.29) is 5.75 Å². The van der Waals surface area contributed by atoms with Crippen molar-refractivity contribution in [2.45, 2.75) is 0 Å². The number of phenolic OH excluding ortho intramolecular Hbond substituents is 1. The van der Waals surface area contributed by atoms with Gasteiger partial charge in [0, 0.05) is 34.8 Å². The summed E-state index contributed by atoms with van der Waals surface area (Å²) < 4.78 is 0. The van der Waals surface area contributed by atoms with E-state index in [0.717, 1.165) is 50.8 Å². The molecular weight excluding hydrogens is 717 g/mol. The molecule has 59 heavy (non-hydrogen) atoms. The first-order valence-corrected chi connectivity index (χ1v) is 20.0. The largest absolute Gasteiger partial charge is 0.508 e. The van der Waals surface area contributed by atoms with Gasteiger partial charge in [-0.15, -0.1) is 0 Å². The molecule has 0 heterocycles. The van der Waals surface area contributed by atoms with Crippen LogP contribution in [-0.4, -0.2) is 5.11 Å². The Hall–Kier alpha value is -7.88. The number of rotatable bonds is 9. The third-order valence-electron chi connectivity index (χ3n) is 11.1. The normalized spacial score (nSPS) is 11.1. The highest BCUT2D eigenvalue weighted by Crippen LogP contribution is 2.47. The van der Waals surface area contributed by atoms with Gasteiger partial charge in [0.15, 0.2) is 0 Å². The Balaban J connectivity index is 1.13. The van der Waals surface area contributed by atoms with Crippen LogP contribution in [0, 0.1) is 0 Å². The standard InChI is InChI=1S/C56H40N2O/c59-48-38-46(37-47(39-48)58(44-25-11-4-12-26-44)54-32-18-17-27-49(54)40-19-5-1-6-20-40)57(43-23-9-3-10-24-43)45-35-33-42(34-36-45)56-52-30-15-13-28-50(52)55(41-21-7-2-8-22-41)51-29-14-16-31-53(51)56/h1-39,59H. The van der Waals surface area contributed by atoms with Crippen LogP contribution < -0.4 is 9.80 Å². The van der Waals surface area contributed by atoms with Crippen LogP contribution in [0.4, 0.5) is 34.1 Å². The second kappa shape index (κ2) is 15.6. The van der Waals surface area contributed by atoms with Crippen molar-refractivity contribution in [3.05, 3.63) is 237 Å². The van der Waals surface area contributed by atoms with E-state index in [9.17, 15) is 5.11 Å². The highest BCUT2D eigenvalue weighted by Gasteiger charge is 2.22. The van der Waals surface area contributed by atoms with Crippen molar-refractivity contribution >= 4 is 55.7 Å². The Kier molecular flexibility index (Phi) is 9.38. The van der Waals surface area contributed by atoms with Crippen LogP contribution >= 0.6 is 0 Å². The van der Waals surface area contributed by atoms with Crippen LogP contribution in [-0.2, 0) is 0 Å². The number of hydrogen-bond donors (Lipinski definition) is 1. The van der Waals surface area contributed by atoms with Gasteiger partial charge >= 0.3 is 0 Å². The van der Waals surface area contributed by atoms with Crippen LogP contribution in [0.2, 0.25) is 0 Å². The lowest BCUT2D eigenvalue weighted by atomic mass is 9.86. The molecule has 0 atom stereocenters. The maximum Gasteiger partial charge on any atom is 0.119 e. The molecule has 0 saturated carbocycles. The SMILES string of the molecule is Oc1cc(N(c2ccccc2)c2ccc(-c3c4ccccc4c(-c4ccccc4)c4ccccc34)cc2)cc(N(c2ccccc2)c2ccccc2-c2ccccc2)c1. The molecular formula is C56H40N2O. The third-order valence-corrected chi connectivity index (χ3v) is 11.1. The van der Waals surface area contributed by atoms with E-state index in [4.69, 9.17) is 0 Å². The Bertz CT molecular complexity index is 2980. The van der Waals surface area contributed by atoms with Crippen molar-refractivity contribution in [1.82, 2.24) is 0 Å². The van der Waals surface area contributed by atoms with E-state index in [1.54, 1.807) is 0 Å². The molecule has 10 aromatic carbocycles. The van der Waals surface area contributed by atoms with Gasteiger partial charge in [0.05, 0.1) is 17.1 Å². The number of benzene rings is 10. The van der Waals surface area contributed by atoms with E-state index in [1.807, 2.05) is 30.3 Å². The summed E-state index contributed by atoms with van der Waals surface area (Å²) in [5, 5.41) is 16.5. The van der Waals surface area contributed by atoms with Crippen molar-refractivity contribution in [2.24, 2.45) is 0 Å². The monoisotopic (exact) mass is 756 g/mol. The van der Waals surface area contributed by atoms with Crippen molar-refractivity contribution in [2.75, 3.05) is 9.80 Å². The lowest BCUT2D eigenvalue weighted by Gasteiger charge is -2.31. The summed E-state index contributed by atoms with van der Waals surface area (Å²) in [6.45, 7) is 0. The maximum absolute atomic E-state index is 11.6. The topological polar surface area (TPSA) is 26.7 Å². The molecule has 0 saturated heterocycles. The number of fused-ring (bicyclic) bond motifs is 2. The molecule has 0 spiro atoms. The number of aromatic hydroxyl groups is 1. The quantitative estimate of drug-likeness (QED) is 0.149. The van der Waals surface area contributed by atoms with Gasteiger partial charge in [0.25, 0.3) is 0 Å². The van der Waals surface area contributed by atoms with Crippen LogP contribution in [0.3, 0.4) is 0 Å². The summed E-state index contributed by atoms with van der Waals surface area (Å²) in [5.74, 6) is 0.171. The number of anilines is 6. The fraction of sp³-hybridized carbons (Fsp3) is 0. The summed E-state index contributed by atoms with van der Waals surface area (Å²) >= 11 is 0. The Morgan fingerprint density at radius 1 is 0.271 bits per heavy atom. The molecule has 3 heteroatoms. The molecule has 0 radical (unpaired) electrons. The fourth-order valence-electron chi connectivity index (χ4n) is 8.53. The molecule has 10 aromatic rings. The first kappa shape index (κ1) is 35.5. The predicted molar refractivity (Wildman–Crippen MR) is 249 cm³/mol. The van der Waals surface area contributed by atoms with Gasteiger partial charge in [-0.2, -0.15) is 0 Å². The maximum atomic E-state index is 11.6. The van der Waals surface area contributed by atoms with Crippen molar-refractivity contribution < 1.29 is 5.11 Å².